The first kappa shape index (κ1) is 12.0. The highest BCUT2D eigenvalue weighted by Gasteiger charge is 2.04. The average Bonchev–Trinajstić information content (AvgIpc) is 3.02. The standard InChI is InChI=1S/C18H15N3/c1-4-13-9-11-20-18(13)14(5-1)12-21-17-8-2-7-16-15(17)6-3-10-19-16/h1-11,20-21H,12H2. The fourth-order valence-corrected chi connectivity index (χ4v) is 2.74. The van der Waals surface area contributed by atoms with Gasteiger partial charge in [0.15, 0.2) is 0 Å². The Hall–Kier alpha value is -2.81. The van der Waals surface area contributed by atoms with Crippen LogP contribution in [0.15, 0.2) is 67.0 Å². The first-order chi connectivity index (χ1) is 10.4. The Bertz CT molecular complexity index is 903. The third kappa shape index (κ3) is 2.13. The van der Waals surface area contributed by atoms with Gasteiger partial charge in [-0.05, 0) is 41.3 Å². The molecule has 0 unspecified atom stereocenters. The third-order valence-corrected chi connectivity index (χ3v) is 3.79. The molecule has 0 bridgehead atoms. The molecule has 21 heavy (non-hydrogen) atoms. The molecule has 3 heteroatoms. The van der Waals surface area contributed by atoms with E-state index in [4.69, 9.17) is 0 Å². The number of hydrogen-bond acceptors (Lipinski definition) is 2. The highest BCUT2D eigenvalue weighted by Crippen LogP contribution is 2.23. The summed E-state index contributed by atoms with van der Waals surface area (Å²) >= 11 is 0. The predicted octanol–water partition coefficient (Wildman–Crippen LogP) is 4.33. The van der Waals surface area contributed by atoms with E-state index < -0.39 is 0 Å². The number of rotatable bonds is 3. The Balaban J connectivity index is 1.68. The number of pyridine rings is 1. The predicted molar refractivity (Wildman–Crippen MR) is 87.4 cm³/mol. The average molecular weight is 273 g/mol. The van der Waals surface area contributed by atoms with Crippen molar-refractivity contribution in [3.8, 4) is 0 Å². The molecule has 2 N–H and O–H groups in total. The van der Waals surface area contributed by atoms with Crippen LogP contribution in [0.5, 0.6) is 0 Å². The molecule has 102 valence electrons. The third-order valence-electron chi connectivity index (χ3n) is 3.79. The first-order valence-corrected chi connectivity index (χ1v) is 7.04. The number of para-hydroxylation sites is 1. The van der Waals surface area contributed by atoms with Crippen molar-refractivity contribution in [3.05, 3.63) is 72.6 Å². The Morgan fingerprint density at radius 2 is 1.90 bits per heavy atom. The molecule has 0 aliphatic carbocycles. The van der Waals surface area contributed by atoms with Gasteiger partial charge in [0.2, 0.25) is 0 Å². The van der Waals surface area contributed by atoms with Crippen molar-refractivity contribution >= 4 is 27.5 Å². The van der Waals surface area contributed by atoms with Crippen molar-refractivity contribution in [2.24, 2.45) is 0 Å². The van der Waals surface area contributed by atoms with Crippen molar-refractivity contribution in [3.63, 3.8) is 0 Å². The molecule has 2 aromatic heterocycles. The summed E-state index contributed by atoms with van der Waals surface area (Å²) in [7, 11) is 0. The molecular formula is C18H15N3. The maximum atomic E-state index is 4.39. The molecule has 0 spiro atoms. The van der Waals surface area contributed by atoms with E-state index in [0.29, 0.717) is 0 Å². The second kappa shape index (κ2) is 4.94. The van der Waals surface area contributed by atoms with E-state index in [1.165, 1.54) is 16.5 Å². The lowest BCUT2D eigenvalue weighted by Crippen LogP contribution is -2.00. The van der Waals surface area contributed by atoms with E-state index in [0.717, 1.165) is 23.1 Å². The molecule has 0 aliphatic heterocycles. The molecule has 2 heterocycles. The van der Waals surface area contributed by atoms with Gasteiger partial charge in [-0.2, -0.15) is 0 Å². The summed E-state index contributed by atoms with van der Waals surface area (Å²) in [6, 6.07) is 18.7. The highest BCUT2D eigenvalue weighted by atomic mass is 14.9. The van der Waals surface area contributed by atoms with Crippen molar-refractivity contribution in [2.45, 2.75) is 6.54 Å². The fourth-order valence-electron chi connectivity index (χ4n) is 2.74. The van der Waals surface area contributed by atoms with Crippen molar-refractivity contribution in [1.29, 1.82) is 0 Å². The highest BCUT2D eigenvalue weighted by molar-refractivity contribution is 5.91. The molecular weight excluding hydrogens is 258 g/mol. The van der Waals surface area contributed by atoms with Crippen molar-refractivity contribution < 1.29 is 0 Å². The molecule has 0 atom stereocenters. The molecule has 0 saturated carbocycles. The maximum absolute atomic E-state index is 4.39. The molecule has 3 nitrogen and oxygen atoms in total. The van der Waals surface area contributed by atoms with Gasteiger partial charge in [0.05, 0.1) is 11.0 Å². The van der Waals surface area contributed by atoms with E-state index in [1.54, 1.807) is 0 Å². The van der Waals surface area contributed by atoms with Crippen LogP contribution >= 0.6 is 0 Å². The first-order valence-electron chi connectivity index (χ1n) is 7.04. The summed E-state index contributed by atoms with van der Waals surface area (Å²) in [5, 5.41) is 5.92. The largest absolute Gasteiger partial charge is 0.380 e. The number of hydrogen-bond donors (Lipinski definition) is 2. The number of anilines is 1. The maximum Gasteiger partial charge on any atom is 0.0722 e. The van der Waals surface area contributed by atoms with Crippen molar-refractivity contribution in [2.75, 3.05) is 5.32 Å². The minimum Gasteiger partial charge on any atom is -0.380 e. The second-order valence-corrected chi connectivity index (χ2v) is 5.09. The van der Waals surface area contributed by atoms with E-state index in [1.807, 2.05) is 30.6 Å². The second-order valence-electron chi connectivity index (χ2n) is 5.09. The van der Waals surface area contributed by atoms with Gasteiger partial charge in [0.25, 0.3) is 0 Å². The molecule has 0 fully saturated rings. The summed E-state index contributed by atoms with van der Waals surface area (Å²) in [6.45, 7) is 0.784. The van der Waals surface area contributed by atoms with E-state index >= 15 is 0 Å². The lowest BCUT2D eigenvalue weighted by molar-refractivity contribution is 1.16. The van der Waals surface area contributed by atoms with E-state index in [9.17, 15) is 0 Å². The minimum absolute atomic E-state index is 0.784. The van der Waals surface area contributed by atoms with Gasteiger partial charge in [0.1, 0.15) is 0 Å². The number of nitrogens with zero attached hydrogens (tertiary/aromatic N) is 1. The Labute approximate surface area is 122 Å². The summed E-state index contributed by atoms with van der Waals surface area (Å²) < 4.78 is 0. The van der Waals surface area contributed by atoms with Gasteiger partial charge >= 0.3 is 0 Å². The number of H-pyrrole nitrogens is 1. The number of nitrogens with one attached hydrogen (secondary N) is 2. The Kier molecular flexibility index (Phi) is 2.82. The van der Waals surface area contributed by atoms with Crippen LogP contribution in [-0.2, 0) is 6.54 Å². The fraction of sp³-hybridized carbons (Fsp3) is 0.0556. The summed E-state index contributed by atoms with van der Waals surface area (Å²) in [5.41, 5.74) is 4.59. The summed E-state index contributed by atoms with van der Waals surface area (Å²) in [4.78, 5) is 7.70. The van der Waals surface area contributed by atoms with Gasteiger partial charge in [-0.15, -0.1) is 0 Å². The summed E-state index contributed by atoms with van der Waals surface area (Å²) in [5.74, 6) is 0. The van der Waals surface area contributed by atoms with Crippen LogP contribution in [0.25, 0.3) is 21.8 Å². The number of aromatic amines is 1. The van der Waals surface area contributed by atoms with Crippen LogP contribution in [-0.4, -0.2) is 9.97 Å². The van der Waals surface area contributed by atoms with Crippen LogP contribution in [0, 0.1) is 0 Å². The molecule has 0 aliphatic rings. The minimum atomic E-state index is 0.784. The molecule has 0 amide bonds. The van der Waals surface area contributed by atoms with Crippen molar-refractivity contribution in [1.82, 2.24) is 9.97 Å². The normalized spacial score (nSPS) is 11.0. The van der Waals surface area contributed by atoms with Crippen LogP contribution in [0.3, 0.4) is 0 Å². The zero-order valence-electron chi connectivity index (χ0n) is 11.5. The van der Waals surface area contributed by atoms with Crippen LogP contribution in [0.4, 0.5) is 5.69 Å². The van der Waals surface area contributed by atoms with Crippen LogP contribution in [0.2, 0.25) is 0 Å². The molecule has 4 rings (SSSR count). The molecule has 2 aromatic carbocycles. The molecule has 0 radical (unpaired) electrons. The summed E-state index contributed by atoms with van der Waals surface area (Å²) in [6.07, 6.45) is 3.81. The van der Waals surface area contributed by atoms with Crippen LogP contribution < -0.4 is 5.32 Å². The van der Waals surface area contributed by atoms with Gasteiger partial charge < -0.3 is 10.3 Å². The van der Waals surface area contributed by atoms with E-state index in [2.05, 4.69) is 51.7 Å². The Morgan fingerprint density at radius 1 is 0.952 bits per heavy atom. The zero-order chi connectivity index (χ0) is 14.1. The lowest BCUT2D eigenvalue weighted by Gasteiger charge is -2.10. The molecule has 0 saturated heterocycles. The van der Waals surface area contributed by atoms with Gasteiger partial charge in [-0.1, -0.05) is 24.3 Å². The quantitative estimate of drug-likeness (QED) is 0.583. The lowest BCUT2D eigenvalue weighted by atomic mass is 10.1. The number of aromatic nitrogens is 2. The number of benzene rings is 2. The van der Waals surface area contributed by atoms with E-state index in [-0.39, 0.29) is 0 Å². The molecule has 4 aromatic rings. The van der Waals surface area contributed by atoms with Gasteiger partial charge in [0, 0.05) is 30.0 Å². The van der Waals surface area contributed by atoms with Gasteiger partial charge in [-0.25, -0.2) is 0 Å². The monoisotopic (exact) mass is 273 g/mol. The smallest absolute Gasteiger partial charge is 0.0722 e. The van der Waals surface area contributed by atoms with Gasteiger partial charge in [-0.3, -0.25) is 4.98 Å². The Morgan fingerprint density at radius 3 is 2.90 bits per heavy atom. The zero-order valence-corrected chi connectivity index (χ0v) is 11.5. The number of fused-ring (bicyclic) bond motifs is 2. The topological polar surface area (TPSA) is 40.7 Å². The SMILES string of the molecule is c1cc(CNc2cccc3ncccc23)c2[nH]ccc2c1. The van der Waals surface area contributed by atoms with Crippen LogP contribution in [0.1, 0.15) is 5.56 Å².